The zero-order valence-corrected chi connectivity index (χ0v) is 6.67. The predicted molar refractivity (Wildman–Crippen MR) is 40.8 cm³/mol. The Bertz CT molecular complexity index is 175. The van der Waals surface area contributed by atoms with Crippen LogP contribution in [-0.4, -0.2) is 38.5 Å². The van der Waals surface area contributed by atoms with Crippen LogP contribution in [0.3, 0.4) is 0 Å². The molecule has 0 amide bonds. The maximum absolute atomic E-state index is 10.3. The average Bonchev–Trinajstić information content (AvgIpc) is 2.47. The Morgan fingerprint density at radius 3 is 2.83 bits per heavy atom. The number of hydrogen-bond donors (Lipinski definition) is 0. The first kappa shape index (κ1) is 9.21. The molecular weight excluding hydrogens is 164 g/mol. The molecule has 1 saturated heterocycles. The topological polar surface area (TPSA) is 77.3 Å². The number of rotatable bonds is 4. The standard InChI is InChI=1S/C6H10N2O4/c1-11-5-3-12-4(2-7-9)6(5)8-10/h4-6H,2-3H2,1H3. The maximum atomic E-state index is 10.3. The van der Waals surface area contributed by atoms with Gasteiger partial charge in [-0.15, -0.1) is 0 Å². The second kappa shape index (κ2) is 4.22. The van der Waals surface area contributed by atoms with Crippen molar-refractivity contribution < 1.29 is 9.47 Å². The number of hydrogen-bond acceptors (Lipinski definition) is 6. The molecule has 6 nitrogen and oxygen atoms in total. The van der Waals surface area contributed by atoms with Crippen molar-refractivity contribution in [1.82, 2.24) is 0 Å². The zero-order valence-electron chi connectivity index (χ0n) is 6.67. The molecular formula is C6H10N2O4. The zero-order chi connectivity index (χ0) is 8.97. The lowest BCUT2D eigenvalue weighted by Gasteiger charge is -2.11. The summed E-state index contributed by atoms with van der Waals surface area (Å²) in [6.45, 7) is 0.253. The minimum absolute atomic E-state index is 0.0454. The highest BCUT2D eigenvalue weighted by Gasteiger charge is 2.38. The fourth-order valence-corrected chi connectivity index (χ4v) is 1.23. The smallest absolute Gasteiger partial charge is 0.148 e. The second-order valence-corrected chi connectivity index (χ2v) is 2.55. The third-order valence-electron chi connectivity index (χ3n) is 1.92. The summed E-state index contributed by atoms with van der Waals surface area (Å²) in [6, 6.07) is -0.604. The van der Waals surface area contributed by atoms with Gasteiger partial charge in [-0.2, -0.15) is 9.81 Å². The molecule has 0 spiro atoms. The molecule has 0 aromatic carbocycles. The van der Waals surface area contributed by atoms with E-state index in [0.29, 0.717) is 6.61 Å². The molecule has 6 heteroatoms. The Kier molecular flexibility index (Phi) is 3.24. The third kappa shape index (κ3) is 1.64. The monoisotopic (exact) mass is 174 g/mol. The predicted octanol–water partition coefficient (Wildman–Crippen LogP) is 0.302. The van der Waals surface area contributed by atoms with Crippen LogP contribution in [-0.2, 0) is 9.47 Å². The molecule has 0 bridgehead atoms. The van der Waals surface area contributed by atoms with Crippen LogP contribution in [0.2, 0.25) is 0 Å². The van der Waals surface area contributed by atoms with Crippen LogP contribution in [0.15, 0.2) is 10.4 Å². The summed E-state index contributed by atoms with van der Waals surface area (Å²) in [5.41, 5.74) is 0. The molecule has 1 heterocycles. The fraction of sp³-hybridized carbons (Fsp3) is 1.00. The highest BCUT2D eigenvalue weighted by atomic mass is 16.6. The third-order valence-corrected chi connectivity index (χ3v) is 1.92. The van der Waals surface area contributed by atoms with Gasteiger partial charge in [0.15, 0.2) is 0 Å². The van der Waals surface area contributed by atoms with Gasteiger partial charge in [-0.1, -0.05) is 10.4 Å². The van der Waals surface area contributed by atoms with E-state index >= 15 is 0 Å². The van der Waals surface area contributed by atoms with Crippen molar-refractivity contribution in [2.45, 2.75) is 18.2 Å². The van der Waals surface area contributed by atoms with E-state index in [4.69, 9.17) is 9.47 Å². The molecule has 3 unspecified atom stereocenters. The van der Waals surface area contributed by atoms with Crippen LogP contribution in [0.5, 0.6) is 0 Å². The Labute approximate surface area is 69.2 Å². The van der Waals surface area contributed by atoms with E-state index in [1.165, 1.54) is 7.11 Å². The summed E-state index contributed by atoms with van der Waals surface area (Å²) in [7, 11) is 1.48. The second-order valence-electron chi connectivity index (χ2n) is 2.55. The molecule has 1 aliphatic heterocycles. The quantitative estimate of drug-likeness (QED) is 0.574. The molecule has 12 heavy (non-hydrogen) atoms. The van der Waals surface area contributed by atoms with E-state index in [-0.39, 0.29) is 12.6 Å². The van der Waals surface area contributed by atoms with Gasteiger partial charge in [0.25, 0.3) is 0 Å². The first-order valence-corrected chi connectivity index (χ1v) is 3.59. The Balaban J connectivity index is 2.55. The van der Waals surface area contributed by atoms with Crippen LogP contribution in [0.4, 0.5) is 0 Å². The van der Waals surface area contributed by atoms with Crippen molar-refractivity contribution in [2.75, 3.05) is 20.3 Å². The molecule has 0 N–H and O–H groups in total. The molecule has 1 rings (SSSR count). The van der Waals surface area contributed by atoms with Crippen LogP contribution in [0.1, 0.15) is 0 Å². The van der Waals surface area contributed by atoms with Crippen molar-refractivity contribution in [2.24, 2.45) is 10.4 Å². The minimum atomic E-state index is -0.604. The van der Waals surface area contributed by atoms with E-state index in [1.54, 1.807) is 0 Å². The molecule has 1 aliphatic rings. The molecule has 1 fully saturated rings. The first-order valence-electron chi connectivity index (χ1n) is 3.59. The van der Waals surface area contributed by atoms with E-state index in [2.05, 4.69) is 10.4 Å². The maximum Gasteiger partial charge on any atom is 0.148 e. The normalized spacial score (nSPS) is 34.9. The number of nitroso groups, excluding NO2 is 2. The first-order chi connectivity index (χ1) is 5.83. The molecule has 3 atom stereocenters. The van der Waals surface area contributed by atoms with Gasteiger partial charge in [0.2, 0.25) is 0 Å². The summed E-state index contributed by atoms with van der Waals surface area (Å²) in [5.74, 6) is 0. The summed E-state index contributed by atoms with van der Waals surface area (Å²) in [6.07, 6.45) is -0.848. The SMILES string of the molecule is COC1COC(CN=O)C1N=O. The van der Waals surface area contributed by atoms with Gasteiger partial charge in [-0.05, 0) is 0 Å². The average molecular weight is 174 g/mol. The van der Waals surface area contributed by atoms with Gasteiger partial charge in [0.1, 0.15) is 24.8 Å². The summed E-state index contributed by atoms with van der Waals surface area (Å²) in [4.78, 5) is 20.2. The van der Waals surface area contributed by atoms with Gasteiger partial charge in [-0.3, -0.25) is 0 Å². The molecule has 0 aromatic rings. The molecule has 0 aromatic heterocycles. The van der Waals surface area contributed by atoms with E-state index in [0.717, 1.165) is 0 Å². The van der Waals surface area contributed by atoms with Crippen molar-refractivity contribution in [3.8, 4) is 0 Å². The minimum Gasteiger partial charge on any atom is -0.377 e. The lowest BCUT2D eigenvalue weighted by atomic mass is 10.1. The van der Waals surface area contributed by atoms with Crippen LogP contribution in [0.25, 0.3) is 0 Å². The van der Waals surface area contributed by atoms with Crippen molar-refractivity contribution >= 4 is 0 Å². The fourth-order valence-electron chi connectivity index (χ4n) is 1.23. The molecule has 0 aliphatic carbocycles. The van der Waals surface area contributed by atoms with Crippen molar-refractivity contribution in [3.63, 3.8) is 0 Å². The summed E-state index contributed by atoms with van der Waals surface area (Å²) >= 11 is 0. The molecule has 0 saturated carbocycles. The lowest BCUT2D eigenvalue weighted by Crippen LogP contribution is -2.31. The van der Waals surface area contributed by atoms with Crippen molar-refractivity contribution in [1.29, 1.82) is 0 Å². The van der Waals surface area contributed by atoms with Crippen LogP contribution in [0, 0.1) is 9.81 Å². The Morgan fingerprint density at radius 1 is 1.58 bits per heavy atom. The van der Waals surface area contributed by atoms with Crippen LogP contribution < -0.4 is 0 Å². The number of ether oxygens (including phenoxy) is 2. The molecule has 68 valence electrons. The molecule has 0 radical (unpaired) electrons. The summed E-state index contributed by atoms with van der Waals surface area (Å²) in [5, 5.41) is 5.50. The number of nitrogens with zero attached hydrogens (tertiary/aromatic N) is 2. The van der Waals surface area contributed by atoms with E-state index < -0.39 is 12.1 Å². The van der Waals surface area contributed by atoms with Gasteiger partial charge in [-0.25, -0.2) is 0 Å². The highest BCUT2D eigenvalue weighted by Crippen LogP contribution is 2.19. The van der Waals surface area contributed by atoms with E-state index in [1.807, 2.05) is 0 Å². The highest BCUT2D eigenvalue weighted by molar-refractivity contribution is 4.91. The van der Waals surface area contributed by atoms with Gasteiger partial charge < -0.3 is 9.47 Å². The Morgan fingerprint density at radius 2 is 2.33 bits per heavy atom. The summed E-state index contributed by atoms with van der Waals surface area (Å²) < 4.78 is 10.0. The number of methoxy groups -OCH3 is 1. The van der Waals surface area contributed by atoms with Crippen molar-refractivity contribution in [3.05, 3.63) is 9.81 Å². The Hall–Kier alpha value is -0.880. The van der Waals surface area contributed by atoms with E-state index in [9.17, 15) is 9.81 Å². The van der Waals surface area contributed by atoms with Crippen LogP contribution >= 0.6 is 0 Å². The largest absolute Gasteiger partial charge is 0.377 e. The van der Waals surface area contributed by atoms with Gasteiger partial charge >= 0.3 is 0 Å². The van der Waals surface area contributed by atoms with Gasteiger partial charge in [0, 0.05) is 7.11 Å². The lowest BCUT2D eigenvalue weighted by molar-refractivity contribution is 0.0682. The van der Waals surface area contributed by atoms with Gasteiger partial charge in [0.05, 0.1) is 6.61 Å².